The number of aromatic nitrogens is 1. The van der Waals surface area contributed by atoms with E-state index in [2.05, 4.69) is 24.1 Å². The van der Waals surface area contributed by atoms with E-state index in [1.165, 1.54) is 0 Å². The number of pyridine rings is 1. The monoisotopic (exact) mass is 256 g/mol. The molecule has 0 atom stereocenters. The molecule has 5 heteroatoms. The van der Waals surface area contributed by atoms with Crippen molar-refractivity contribution < 1.29 is 9.53 Å². The van der Waals surface area contributed by atoms with E-state index >= 15 is 0 Å². The Bertz CT molecular complexity index is 369. The minimum absolute atomic E-state index is 0.216. The van der Waals surface area contributed by atoms with Gasteiger partial charge in [0.2, 0.25) is 0 Å². The third kappa shape index (κ3) is 5.15. The first kappa shape index (κ1) is 13.9. The van der Waals surface area contributed by atoms with Gasteiger partial charge in [0, 0.05) is 19.3 Å². The number of ether oxygens (including phenoxy) is 1. The molecule has 0 saturated heterocycles. The molecule has 0 saturated carbocycles. The lowest BCUT2D eigenvalue weighted by Gasteiger charge is -2.08. The largest absolute Gasteiger partial charge is 0.379 e. The number of carbonyl (C=O) groups excluding carboxylic acids is 1. The van der Waals surface area contributed by atoms with Crippen molar-refractivity contribution in [3.63, 3.8) is 0 Å². The molecule has 1 aromatic heterocycles. The van der Waals surface area contributed by atoms with Crippen LogP contribution in [0.4, 0.5) is 0 Å². The van der Waals surface area contributed by atoms with Crippen molar-refractivity contribution in [2.24, 2.45) is 5.92 Å². The Kier molecular flexibility index (Phi) is 5.94. The summed E-state index contributed by atoms with van der Waals surface area (Å²) in [5.74, 6) is 0.273. The van der Waals surface area contributed by atoms with E-state index in [1.807, 2.05) is 0 Å². The van der Waals surface area contributed by atoms with Crippen LogP contribution in [0.3, 0.4) is 0 Å². The average molecular weight is 257 g/mol. The van der Waals surface area contributed by atoms with Gasteiger partial charge in [-0.05, 0) is 18.1 Å². The Morgan fingerprint density at radius 3 is 3.00 bits per heavy atom. The van der Waals surface area contributed by atoms with Crippen LogP contribution in [0.5, 0.6) is 0 Å². The van der Waals surface area contributed by atoms with Crippen molar-refractivity contribution in [3.8, 4) is 0 Å². The minimum Gasteiger partial charge on any atom is -0.379 e. The van der Waals surface area contributed by atoms with Gasteiger partial charge in [0.1, 0.15) is 5.15 Å². The second-order valence-corrected chi connectivity index (χ2v) is 4.42. The molecule has 0 bridgehead atoms. The number of nitrogens with one attached hydrogen (secondary N) is 1. The fourth-order valence-corrected chi connectivity index (χ4v) is 1.41. The van der Waals surface area contributed by atoms with Crippen LogP contribution in [0, 0.1) is 5.92 Å². The van der Waals surface area contributed by atoms with Gasteiger partial charge in [0.25, 0.3) is 5.91 Å². The summed E-state index contributed by atoms with van der Waals surface area (Å²) in [6, 6.07) is 3.32. The highest BCUT2D eigenvalue weighted by molar-refractivity contribution is 6.32. The summed E-state index contributed by atoms with van der Waals surface area (Å²) in [6.07, 6.45) is 1.55. The fraction of sp³-hybridized carbons (Fsp3) is 0.500. The van der Waals surface area contributed by atoms with Gasteiger partial charge < -0.3 is 10.1 Å². The van der Waals surface area contributed by atoms with Crippen LogP contribution in [0.25, 0.3) is 0 Å². The Morgan fingerprint density at radius 1 is 1.59 bits per heavy atom. The second-order valence-electron chi connectivity index (χ2n) is 4.07. The molecule has 0 aliphatic heterocycles. The smallest absolute Gasteiger partial charge is 0.254 e. The summed E-state index contributed by atoms with van der Waals surface area (Å²) < 4.78 is 5.35. The molecule has 4 nitrogen and oxygen atoms in total. The SMILES string of the molecule is CC(C)COCCNC(=O)c1cccnc1Cl. The molecule has 0 aliphatic rings. The number of hydrogen-bond donors (Lipinski definition) is 1. The Balaban J connectivity index is 2.29. The normalized spacial score (nSPS) is 10.6. The number of nitrogens with zero attached hydrogens (tertiary/aromatic N) is 1. The van der Waals surface area contributed by atoms with E-state index in [0.29, 0.717) is 31.2 Å². The highest BCUT2D eigenvalue weighted by atomic mass is 35.5. The topological polar surface area (TPSA) is 51.2 Å². The molecular formula is C12H17ClN2O2. The van der Waals surface area contributed by atoms with Gasteiger partial charge in [-0.15, -0.1) is 0 Å². The van der Waals surface area contributed by atoms with Crippen molar-refractivity contribution in [3.05, 3.63) is 29.0 Å². The van der Waals surface area contributed by atoms with E-state index in [9.17, 15) is 4.79 Å². The molecule has 17 heavy (non-hydrogen) atoms. The molecule has 94 valence electrons. The van der Waals surface area contributed by atoms with Crippen molar-refractivity contribution >= 4 is 17.5 Å². The van der Waals surface area contributed by atoms with Crippen LogP contribution in [0.2, 0.25) is 5.15 Å². The second kappa shape index (κ2) is 7.25. The number of halogens is 1. The maximum atomic E-state index is 11.7. The molecule has 1 amide bonds. The molecule has 1 aromatic rings. The molecule has 1 rings (SSSR count). The minimum atomic E-state index is -0.226. The summed E-state index contributed by atoms with van der Waals surface area (Å²) in [5.41, 5.74) is 0.387. The Morgan fingerprint density at radius 2 is 2.35 bits per heavy atom. The van der Waals surface area contributed by atoms with E-state index in [-0.39, 0.29) is 11.1 Å². The number of rotatable bonds is 6. The van der Waals surface area contributed by atoms with Gasteiger partial charge in [0.05, 0.1) is 12.2 Å². The van der Waals surface area contributed by atoms with E-state index in [0.717, 1.165) is 0 Å². The van der Waals surface area contributed by atoms with Gasteiger partial charge >= 0.3 is 0 Å². The molecular weight excluding hydrogens is 240 g/mol. The lowest BCUT2D eigenvalue weighted by Crippen LogP contribution is -2.28. The Labute approximate surface area is 106 Å². The zero-order chi connectivity index (χ0) is 12.7. The van der Waals surface area contributed by atoms with Gasteiger partial charge in [-0.2, -0.15) is 0 Å². The fourth-order valence-electron chi connectivity index (χ4n) is 1.21. The third-order valence-electron chi connectivity index (χ3n) is 1.99. The zero-order valence-electron chi connectivity index (χ0n) is 10.1. The predicted molar refractivity (Wildman–Crippen MR) is 67.2 cm³/mol. The van der Waals surface area contributed by atoms with Crippen LogP contribution in [-0.4, -0.2) is 30.6 Å². The van der Waals surface area contributed by atoms with Crippen LogP contribution in [0.15, 0.2) is 18.3 Å². The number of amides is 1. The molecule has 0 fully saturated rings. The lowest BCUT2D eigenvalue weighted by atomic mass is 10.2. The Hall–Kier alpha value is -1.13. The quantitative estimate of drug-likeness (QED) is 0.627. The predicted octanol–water partition coefficient (Wildman–Crippen LogP) is 2.14. The summed E-state index contributed by atoms with van der Waals surface area (Å²) >= 11 is 5.80. The molecule has 0 radical (unpaired) electrons. The summed E-state index contributed by atoms with van der Waals surface area (Å²) in [5, 5.41) is 2.94. The standard InChI is InChI=1S/C12H17ClN2O2/c1-9(2)8-17-7-6-15-12(16)10-4-3-5-14-11(10)13/h3-5,9H,6-8H2,1-2H3,(H,15,16). The van der Waals surface area contributed by atoms with Crippen LogP contribution >= 0.6 is 11.6 Å². The first-order valence-corrected chi connectivity index (χ1v) is 5.95. The van der Waals surface area contributed by atoms with Gasteiger partial charge in [-0.3, -0.25) is 4.79 Å². The number of hydrogen-bond acceptors (Lipinski definition) is 3. The maximum absolute atomic E-state index is 11.7. The molecule has 0 unspecified atom stereocenters. The summed E-state index contributed by atoms with van der Waals surface area (Å²) in [4.78, 5) is 15.5. The zero-order valence-corrected chi connectivity index (χ0v) is 10.8. The van der Waals surface area contributed by atoms with Crippen LogP contribution in [-0.2, 0) is 4.74 Å². The molecule has 1 heterocycles. The molecule has 0 aliphatic carbocycles. The van der Waals surface area contributed by atoms with Gasteiger partial charge in [0.15, 0.2) is 0 Å². The first-order valence-electron chi connectivity index (χ1n) is 5.57. The van der Waals surface area contributed by atoms with E-state index in [1.54, 1.807) is 18.3 Å². The van der Waals surface area contributed by atoms with Gasteiger partial charge in [-0.1, -0.05) is 25.4 Å². The highest BCUT2D eigenvalue weighted by Crippen LogP contribution is 2.10. The molecule has 0 spiro atoms. The first-order chi connectivity index (χ1) is 8.11. The highest BCUT2D eigenvalue weighted by Gasteiger charge is 2.09. The van der Waals surface area contributed by atoms with Crippen molar-refractivity contribution in [1.82, 2.24) is 10.3 Å². The van der Waals surface area contributed by atoms with Crippen molar-refractivity contribution in [1.29, 1.82) is 0 Å². The third-order valence-corrected chi connectivity index (χ3v) is 2.29. The number of carbonyl (C=O) groups is 1. The van der Waals surface area contributed by atoms with Gasteiger partial charge in [-0.25, -0.2) is 4.98 Å². The van der Waals surface area contributed by atoms with Crippen LogP contribution in [0.1, 0.15) is 24.2 Å². The van der Waals surface area contributed by atoms with Crippen molar-refractivity contribution in [2.45, 2.75) is 13.8 Å². The lowest BCUT2D eigenvalue weighted by molar-refractivity contribution is 0.0886. The van der Waals surface area contributed by atoms with E-state index in [4.69, 9.17) is 16.3 Å². The maximum Gasteiger partial charge on any atom is 0.254 e. The van der Waals surface area contributed by atoms with E-state index < -0.39 is 0 Å². The summed E-state index contributed by atoms with van der Waals surface area (Å²) in [6.45, 7) is 5.82. The molecule has 0 aromatic carbocycles. The van der Waals surface area contributed by atoms with Crippen molar-refractivity contribution in [2.75, 3.05) is 19.8 Å². The van der Waals surface area contributed by atoms with Crippen LogP contribution < -0.4 is 5.32 Å². The summed E-state index contributed by atoms with van der Waals surface area (Å²) in [7, 11) is 0. The average Bonchev–Trinajstić information content (AvgIpc) is 2.28. The molecule has 1 N–H and O–H groups in total.